The first-order chi connectivity index (χ1) is 11.6. The summed E-state index contributed by atoms with van der Waals surface area (Å²) < 4.78 is 0. The van der Waals surface area contributed by atoms with E-state index in [4.69, 9.17) is 5.11 Å². The van der Waals surface area contributed by atoms with Gasteiger partial charge in [0.2, 0.25) is 0 Å². The van der Waals surface area contributed by atoms with Gasteiger partial charge in [-0.25, -0.2) is 0 Å². The Bertz CT molecular complexity index is 709. The summed E-state index contributed by atoms with van der Waals surface area (Å²) in [6, 6.07) is 17.7. The van der Waals surface area contributed by atoms with Crippen LogP contribution in [-0.4, -0.2) is 23.0 Å². The third-order valence-electron chi connectivity index (χ3n) is 4.19. The summed E-state index contributed by atoms with van der Waals surface area (Å²) in [5, 5.41) is 11.7. The van der Waals surface area contributed by atoms with E-state index in [1.807, 2.05) is 42.5 Å². The zero-order chi connectivity index (χ0) is 16.9. The van der Waals surface area contributed by atoms with Gasteiger partial charge in [-0.3, -0.25) is 9.59 Å². The molecule has 124 valence electrons. The molecule has 0 atom stereocenters. The van der Waals surface area contributed by atoms with E-state index >= 15 is 0 Å². The number of aliphatic carboxylic acids is 1. The lowest BCUT2D eigenvalue weighted by atomic mass is 9.80. The molecule has 5 heteroatoms. The molecule has 2 N–H and O–H groups in total. The monoisotopic (exact) mass is 341 g/mol. The second-order valence-corrected chi connectivity index (χ2v) is 7.02. The predicted octanol–water partition coefficient (Wildman–Crippen LogP) is 3.57. The molecule has 1 aliphatic carbocycles. The summed E-state index contributed by atoms with van der Waals surface area (Å²) in [5.74, 6) is -0.367. The molecule has 0 aromatic heterocycles. The van der Waals surface area contributed by atoms with Crippen LogP contribution in [0.3, 0.4) is 0 Å². The molecule has 24 heavy (non-hydrogen) atoms. The van der Waals surface area contributed by atoms with E-state index in [0.29, 0.717) is 18.4 Å². The van der Waals surface area contributed by atoms with Crippen molar-refractivity contribution in [1.29, 1.82) is 0 Å². The fourth-order valence-corrected chi connectivity index (χ4v) is 3.52. The first-order valence-corrected chi connectivity index (χ1v) is 8.91. The molecule has 2 aromatic rings. The molecule has 1 saturated carbocycles. The molecule has 1 amide bonds. The Balaban J connectivity index is 1.49. The van der Waals surface area contributed by atoms with E-state index in [9.17, 15) is 9.59 Å². The molecule has 0 heterocycles. The van der Waals surface area contributed by atoms with Crippen LogP contribution in [0.15, 0.2) is 59.5 Å². The Morgan fingerprint density at radius 1 is 1.04 bits per heavy atom. The van der Waals surface area contributed by atoms with E-state index in [1.54, 1.807) is 11.8 Å². The van der Waals surface area contributed by atoms with Gasteiger partial charge in [-0.05, 0) is 42.7 Å². The molecule has 0 saturated heterocycles. The van der Waals surface area contributed by atoms with Crippen LogP contribution in [0.5, 0.6) is 0 Å². The lowest BCUT2D eigenvalue weighted by Gasteiger charge is -2.32. The maximum atomic E-state index is 12.2. The number of carboxylic acids is 1. The van der Waals surface area contributed by atoms with Crippen LogP contribution in [0.1, 0.15) is 28.8 Å². The molecule has 2 aromatic carbocycles. The van der Waals surface area contributed by atoms with E-state index in [-0.39, 0.29) is 17.9 Å². The van der Waals surface area contributed by atoms with Gasteiger partial charge in [-0.2, -0.15) is 0 Å². The number of rotatable bonds is 6. The topological polar surface area (TPSA) is 66.4 Å². The maximum Gasteiger partial charge on any atom is 0.306 e. The summed E-state index contributed by atoms with van der Waals surface area (Å²) in [6.45, 7) is 0. The first-order valence-electron chi connectivity index (χ1n) is 7.92. The molecule has 0 aliphatic heterocycles. The van der Waals surface area contributed by atoms with Crippen molar-refractivity contribution < 1.29 is 14.7 Å². The maximum absolute atomic E-state index is 12.2. The first kappa shape index (κ1) is 16.6. The van der Waals surface area contributed by atoms with Gasteiger partial charge < -0.3 is 10.4 Å². The van der Waals surface area contributed by atoms with Crippen LogP contribution in [0.2, 0.25) is 0 Å². The molecule has 0 spiro atoms. The minimum atomic E-state index is -0.777. The van der Waals surface area contributed by atoms with Crippen LogP contribution in [0.25, 0.3) is 0 Å². The minimum absolute atomic E-state index is 0.0214. The van der Waals surface area contributed by atoms with Crippen molar-refractivity contribution in [2.24, 2.45) is 5.92 Å². The molecule has 1 aliphatic rings. The van der Waals surface area contributed by atoms with E-state index in [2.05, 4.69) is 17.4 Å². The van der Waals surface area contributed by atoms with Crippen molar-refractivity contribution in [2.45, 2.75) is 29.5 Å². The van der Waals surface area contributed by atoms with Gasteiger partial charge >= 0.3 is 5.97 Å². The molecule has 0 radical (unpaired) electrons. The number of nitrogens with one attached hydrogen (secondary N) is 1. The zero-order valence-electron chi connectivity index (χ0n) is 13.1. The van der Waals surface area contributed by atoms with Crippen LogP contribution >= 0.6 is 11.8 Å². The fraction of sp³-hybridized carbons (Fsp3) is 0.263. The molecule has 0 bridgehead atoms. The van der Waals surface area contributed by atoms with Crippen molar-refractivity contribution >= 4 is 23.6 Å². The van der Waals surface area contributed by atoms with Gasteiger partial charge in [0.1, 0.15) is 0 Å². The highest BCUT2D eigenvalue weighted by molar-refractivity contribution is 7.98. The van der Waals surface area contributed by atoms with Crippen molar-refractivity contribution in [3.8, 4) is 0 Å². The number of thioether (sulfide) groups is 1. The molecular formula is C19H19NO3S. The number of carbonyl (C=O) groups is 2. The SMILES string of the molecule is O=C(NC1CC(C(=O)O)C1)c1ccc(CSc2ccccc2)cc1. The number of carboxylic acid groups (broad SMARTS) is 1. The van der Waals surface area contributed by atoms with Gasteiger partial charge in [-0.15, -0.1) is 11.8 Å². The van der Waals surface area contributed by atoms with Crippen LogP contribution in [0.4, 0.5) is 0 Å². The minimum Gasteiger partial charge on any atom is -0.481 e. The number of hydrogen-bond acceptors (Lipinski definition) is 3. The normalized spacial score (nSPS) is 19.3. The van der Waals surface area contributed by atoms with Gasteiger partial charge in [0.05, 0.1) is 5.92 Å². The second kappa shape index (κ2) is 7.53. The Hall–Kier alpha value is -2.27. The number of benzene rings is 2. The molecule has 3 rings (SSSR count). The summed E-state index contributed by atoms with van der Waals surface area (Å²) in [6.07, 6.45) is 1.04. The van der Waals surface area contributed by atoms with E-state index in [0.717, 1.165) is 11.3 Å². The van der Waals surface area contributed by atoms with Crippen LogP contribution in [0, 0.1) is 5.92 Å². The van der Waals surface area contributed by atoms with Crippen LogP contribution in [-0.2, 0) is 10.5 Å². The molecular weight excluding hydrogens is 322 g/mol. The summed E-state index contributed by atoms with van der Waals surface area (Å²) >= 11 is 1.76. The number of amides is 1. The highest BCUT2D eigenvalue weighted by atomic mass is 32.2. The van der Waals surface area contributed by atoms with Gasteiger partial charge in [-0.1, -0.05) is 30.3 Å². The average Bonchev–Trinajstić information content (AvgIpc) is 2.56. The average molecular weight is 341 g/mol. The molecule has 4 nitrogen and oxygen atoms in total. The Morgan fingerprint density at radius 2 is 1.71 bits per heavy atom. The Labute approximate surface area is 145 Å². The number of hydrogen-bond donors (Lipinski definition) is 2. The van der Waals surface area contributed by atoms with Gasteiger partial charge in [0.25, 0.3) is 5.91 Å². The molecule has 0 unspecified atom stereocenters. The van der Waals surface area contributed by atoms with Crippen molar-refractivity contribution in [3.05, 3.63) is 65.7 Å². The largest absolute Gasteiger partial charge is 0.481 e. The zero-order valence-corrected chi connectivity index (χ0v) is 14.0. The fourth-order valence-electron chi connectivity index (χ4n) is 2.64. The molecule has 1 fully saturated rings. The smallest absolute Gasteiger partial charge is 0.306 e. The standard InChI is InChI=1S/C19H19NO3S/c21-18(20-16-10-15(11-16)19(22)23)14-8-6-13(7-9-14)12-24-17-4-2-1-3-5-17/h1-9,15-16H,10-12H2,(H,20,21)(H,22,23). The van der Waals surface area contributed by atoms with Gasteiger partial charge in [0.15, 0.2) is 0 Å². The van der Waals surface area contributed by atoms with Crippen LogP contribution < -0.4 is 5.32 Å². The van der Waals surface area contributed by atoms with E-state index < -0.39 is 5.97 Å². The highest BCUT2D eigenvalue weighted by Crippen LogP contribution is 2.28. The van der Waals surface area contributed by atoms with Crippen molar-refractivity contribution in [2.75, 3.05) is 0 Å². The predicted molar refractivity (Wildman–Crippen MR) is 94.1 cm³/mol. The van der Waals surface area contributed by atoms with Crippen molar-refractivity contribution in [3.63, 3.8) is 0 Å². The second-order valence-electron chi connectivity index (χ2n) is 5.98. The van der Waals surface area contributed by atoms with Gasteiger partial charge in [0, 0.05) is 22.3 Å². The third-order valence-corrected chi connectivity index (χ3v) is 5.27. The summed E-state index contributed by atoms with van der Waals surface area (Å²) in [4.78, 5) is 24.1. The number of carbonyl (C=O) groups excluding carboxylic acids is 1. The quantitative estimate of drug-likeness (QED) is 0.788. The van der Waals surface area contributed by atoms with Crippen molar-refractivity contribution in [1.82, 2.24) is 5.32 Å². The lowest BCUT2D eigenvalue weighted by molar-refractivity contribution is -0.145. The highest BCUT2D eigenvalue weighted by Gasteiger charge is 2.35. The lowest BCUT2D eigenvalue weighted by Crippen LogP contribution is -2.46. The third kappa shape index (κ3) is 4.17. The summed E-state index contributed by atoms with van der Waals surface area (Å²) in [7, 11) is 0. The summed E-state index contributed by atoms with van der Waals surface area (Å²) in [5.41, 5.74) is 1.78. The Morgan fingerprint density at radius 3 is 2.33 bits per heavy atom. The van der Waals surface area contributed by atoms with E-state index in [1.165, 1.54) is 4.90 Å². The Kier molecular flexibility index (Phi) is 5.20.